The van der Waals surface area contributed by atoms with Crippen LogP contribution in [0.4, 0.5) is 5.82 Å². The van der Waals surface area contributed by atoms with Crippen LogP contribution in [-0.4, -0.2) is 26.2 Å². The zero-order valence-corrected chi connectivity index (χ0v) is 12.4. The van der Waals surface area contributed by atoms with Crippen molar-refractivity contribution in [3.05, 3.63) is 52.7 Å². The van der Waals surface area contributed by atoms with E-state index in [0.29, 0.717) is 24.1 Å². The summed E-state index contributed by atoms with van der Waals surface area (Å²) in [6, 6.07) is 8.16. The average molecular weight is 323 g/mol. The van der Waals surface area contributed by atoms with E-state index < -0.39 is 10.0 Å². The fourth-order valence-corrected chi connectivity index (χ4v) is 4.07. The predicted octanol–water partition coefficient (Wildman–Crippen LogP) is 2.30. The molecular weight excluding hydrogens is 312 g/mol. The second-order valence-corrected chi connectivity index (χ2v) is 6.83. The Hall–Kier alpha value is -1.92. The van der Waals surface area contributed by atoms with Gasteiger partial charge in [-0.3, -0.25) is 4.79 Å². The van der Waals surface area contributed by atoms with E-state index in [0.717, 1.165) is 0 Å². The Morgan fingerprint density at radius 1 is 1.24 bits per heavy atom. The van der Waals surface area contributed by atoms with E-state index in [1.807, 2.05) is 0 Å². The predicted molar refractivity (Wildman–Crippen MR) is 79.3 cm³/mol. The number of benzene rings is 1. The van der Waals surface area contributed by atoms with Crippen LogP contribution >= 0.6 is 11.6 Å². The maximum Gasteiger partial charge on any atom is 0.265 e. The van der Waals surface area contributed by atoms with Crippen molar-refractivity contribution in [1.82, 2.24) is 4.98 Å². The first-order valence-corrected chi connectivity index (χ1v) is 8.08. The first-order valence-electron chi connectivity index (χ1n) is 6.26. The van der Waals surface area contributed by atoms with Crippen molar-refractivity contribution in [3.63, 3.8) is 0 Å². The summed E-state index contributed by atoms with van der Waals surface area (Å²) in [5.41, 5.74) is 0.871. The van der Waals surface area contributed by atoms with Crippen molar-refractivity contribution in [2.75, 3.05) is 10.8 Å². The molecule has 0 spiro atoms. The number of nitrogens with zero attached hydrogens (tertiary/aromatic N) is 2. The van der Waals surface area contributed by atoms with Crippen molar-refractivity contribution >= 4 is 33.7 Å². The summed E-state index contributed by atoms with van der Waals surface area (Å²) in [4.78, 5) is 15.2. The molecular formula is C14H11ClN2O3S. The molecule has 1 aromatic heterocycles. The third-order valence-corrected chi connectivity index (χ3v) is 5.62. The number of fused-ring (bicyclic) bond motifs is 1. The number of carbonyl (C=O) groups excluding carboxylic acids is 1. The number of carbonyl (C=O) groups is 1. The monoisotopic (exact) mass is 322 g/mol. The Morgan fingerprint density at radius 2 is 1.95 bits per heavy atom. The highest BCUT2D eigenvalue weighted by molar-refractivity contribution is 7.92. The molecule has 0 saturated heterocycles. The van der Waals surface area contributed by atoms with Gasteiger partial charge < -0.3 is 0 Å². The third kappa shape index (κ3) is 2.20. The Morgan fingerprint density at radius 3 is 2.62 bits per heavy atom. The maximum absolute atomic E-state index is 12.6. The van der Waals surface area contributed by atoms with Gasteiger partial charge in [0, 0.05) is 18.3 Å². The minimum atomic E-state index is -3.66. The molecule has 0 atom stereocenters. The van der Waals surface area contributed by atoms with Gasteiger partial charge in [-0.15, -0.1) is 0 Å². The number of aromatic nitrogens is 1. The number of sulfonamides is 1. The lowest BCUT2D eigenvalue weighted by molar-refractivity contribution is 0.112. The Balaban J connectivity index is 2.10. The van der Waals surface area contributed by atoms with E-state index in [-0.39, 0.29) is 22.0 Å². The lowest BCUT2D eigenvalue weighted by Gasteiger charge is -2.18. The molecule has 0 radical (unpaired) electrons. The van der Waals surface area contributed by atoms with Crippen molar-refractivity contribution < 1.29 is 13.2 Å². The number of aldehydes is 1. The van der Waals surface area contributed by atoms with E-state index >= 15 is 0 Å². The number of hydrogen-bond donors (Lipinski definition) is 0. The van der Waals surface area contributed by atoms with E-state index in [9.17, 15) is 13.2 Å². The number of anilines is 1. The smallest absolute Gasteiger partial charge is 0.265 e. The normalized spacial score (nSPS) is 14.0. The summed E-state index contributed by atoms with van der Waals surface area (Å²) < 4.78 is 26.5. The summed E-state index contributed by atoms with van der Waals surface area (Å²) in [6.45, 7) is 0.265. The number of halogens is 1. The summed E-state index contributed by atoms with van der Waals surface area (Å²) in [5.74, 6) is 0.300. The van der Waals surface area contributed by atoms with Gasteiger partial charge in [-0.2, -0.15) is 0 Å². The summed E-state index contributed by atoms with van der Waals surface area (Å²) >= 11 is 6.12. The zero-order valence-electron chi connectivity index (χ0n) is 10.9. The van der Waals surface area contributed by atoms with Gasteiger partial charge in [0.2, 0.25) is 0 Å². The first-order chi connectivity index (χ1) is 10.1. The van der Waals surface area contributed by atoms with Crippen LogP contribution < -0.4 is 4.31 Å². The van der Waals surface area contributed by atoms with Crippen molar-refractivity contribution in [2.45, 2.75) is 11.3 Å². The lowest BCUT2D eigenvalue weighted by Crippen LogP contribution is -2.29. The minimum absolute atomic E-state index is 0.204. The Labute approximate surface area is 127 Å². The summed E-state index contributed by atoms with van der Waals surface area (Å²) in [5, 5.41) is 0.278. The van der Waals surface area contributed by atoms with Gasteiger partial charge in [-0.05, 0) is 18.6 Å². The molecule has 3 rings (SSSR count). The molecule has 2 aromatic rings. The van der Waals surface area contributed by atoms with E-state index in [1.165, 1.54) is 22.6 Å². The van der Waals surface area contributed by atoms with Crippen molar-refractivity contribution in [1.29, 1.82) is 0 Å². The van der Waals surface area contributed by atoms with Crippen LogP contribution in [0, 0.1) is 0 Å². The molecule has 5 nitrogen and oxygen atoms in total. The molecule has 0 bridgehead atoms. The number of pyridine rings is 1. The number of rotatable bonds is 3. The second-order valence-electron chi connectivity index (χ2n) is 4.59. The standard InChI is InChI=1S/C14H11ClN2O3S/c15-13-10(9-18)8-16-14-12(13)6-7-17(14)21(19,20)11-4-2-1-3-5-11/h1-5,8-9H,6-7H2. The molecule has 0 aliphatic carbocycles. The van der Waals surface area contributed by atoms with Crippen molar-refractivity contribution in [2.24, 2.45) is 0 Å². The van der Waals surface area contributed by atoms with Gasteiger partial charge >= 0.3 is 0 Å². The molecule has 0 unspecified atom stereocenters. The molecule has 2 heterocycles. The molecule has 1 aliphatic heterocycles. The third-order valence-electron chi connectivity index (χ3n) is 3.37. The zero-order chi connectivity index (χ0) is 15.0. The largest absolute Gasteiger partial charge is 0.298 e. The van der Waals surface area contributed by atoms with Crippen LogP contribution in [0.3, 0.4) is 0 Å². The summed E-state index contributed by atoms with van der Waals surface area (Å²) in [6.07, 6.45) is 2.35. The Kier molecular flexibility index (Phi) is 3.43. The van der Waals surface area contributed by atoms with Crippen molar-refractivity contribution in [3.8, 4) is 0 Å². The van der Waals surface area contributed by atoms with Gasteiger partial charge in [0.1, 0.15) is 5.82 Å². The van der Waals surface area contributed by atoms with E-state index in [1.54, 1.807) is 18.2 Å². The topological polar surface area (TPSA) is 67.3 Å². The van der Waals surface area contributed by atoms with Gasteiger partial charge in [-0.1, -0.05) is 29.8 Å². The molecule has 1 aromatic carbocycles. The lowest BCUT2D eigenvalue weighted by atomic mass is 10.2. The van der Waals surface area contributed by atoms with Crippen LogP contribution in [0.15, 0.2) is 41.4 Å². The molecule has 1 aliphatic rings. The molecule has 0 saturated carbocycles. The summed E-state index contributed by atoms with van der Waals surface area (Å²) in [7, 11) is -3.66. The van der Waals surface area contributed by atoms with Crippen LogP contribution in [0.1, 0.15) is 15.9 Å². The maximum atomic E-state index is 12.6. The molecule has 0 amide bonds. The average Bonchev–Trinajstić information content (AvgIpc) is 2.94. The fraction of sp³-hybridized carbons (Fsp3) is 0.143. The molecule has 21 heavy (non-hydrogen) atoms. The van der Waals surface area contributed by atoms with E-state index in [2.05, 4.69) is 4.98 Å². The fourth-order valence-electron chi connectivity index (χ4n) is 2.33. The van der Waals surface area contributed by atoms with Gasteiger partial charge in [0.05, 0.1) is 15.5 Å². The molecule has 108 valence electrons. The van der Waals surface area contributed by atoms with E-state index in [4.69, 9.17) is 11.6 Å². The number of hydrogen-bond acceptors (Lipinski definition) is 4. The molecule has 0 fully saturated rings. The highest BCUT2D eigenvalue weighted by atomic mass is 35.5. The first kappa shape index (κ1) is 14.0. The molecule has 7 heteroatoms. The van der Waals surface area contributed by atoms with Gasteiger partial charge in [0.25, 0.3) is 10.0 Å². The highest BCUT2D eigenvalue weighted by Crippen LogP contribution is 2.36. The minimum Gasteiger partial charge on any atom is -0.298 e. The van der Waals surface area contributed by atoms with Crippen LogP contribution in [0.5, 0.6) is 0 Å². The highest BCUT2D eigenvalue weighted by Gasteiger charge is 2.33. The van der Waals surface area contributed by atoms with Gasteiger partial charge in [0.15, 0.2) is 6.29 Å². The quantitative estimate of drug-likeness (QED) is 0.813. The second kappa shape index (κ2) is 5.13. The molecule has 0 N–H and O–H groups in total. The van der Waals surface area contributed by atoms with Gasteiger partial charge in [-0.25, -0.2) is 17.7 Å². The van der Waals surface area contributed by atoms with Crippen LogP contribution in [0.2, 0.25) is 5.02 Å². The van der Waals surface area contributed by atoms with Crippen LogP contribution in [-0.2, 0) is 16.4 Å². The SMILES string of the molecule is O=Cc1cnc2c(c1Cl)CCN2S(=O)(=O)c1ccccc1. The van der Waals surface area contributed by atoms with Crippen LogP contribution in [0.25, 0.3) is 0 Å². The Bertz CT molecular complexity index is 806.